The summed E-state index contributed by atoms with van der Waals surface area (Å²) in [5, 5.41) is 16.5. The first kappa shape index (κ1) is 22.2. The summed E-state index contributed by atoms with van der Waals surface area (Å²) in [5.41, 5.74) is -0.0691. The standard InChI is InChI=1S/C21H33N3O4S/c1-21(2,3)24-10-14(25)12-28-20-23-11-18(29-20)19(27)22-7-5-4-6-15-16-8-13(16)9-17(15)26/h11,13-16,24-25H,4-10,12H2,1-3H3,(H,22,27). The van der Waals surface area contributed by atoms with Gasteiger partial charge in [0.15, 0.2) is 0 Å². The van der Waals surface area contributed by atoms with E-state index in [1.807, 2.05) is 20.8 Å². The second kappa shape index (κ2) is 9.53. The molecule has 0 aliphatic heterocycles. The molecule has 0 saturated heterocycles. The molecule has 2 aliphatic carbocycles. The van der Waals surface area contributed by atoms with Crippen LogP contribution in [0.3, 0.4) is 0 Å². The molecule has 3 N–H and O–H groups in total. The molecular weight excluding hydrogens is 390 g/mol. The highest BCUT2D eigenvalue weighted by atomic mass is 32.1. The van der Waals surface area contributed by atoms with Crippen LogP contribution in [-0.2, 0) is 4.79 Å². The van der Waals surface area contributed by atoms with Crippen molar-refractivity contribution in [3.63, 3.8) is 0 Å². The van der Waals surface area contributed by atoms with Crippen molar-refractivity contribution in [1.82, 2.24) is 15.6 Å². The molecule has 8 heteroatoms. The number of hydrogen-bond acceptors (Lipinski definition) is 7. The van der Waals surface area contributed by atoms with Gasteiger partial charge in [-0.05, 0) is 51.9 Å². The average Bonchev–Trinajstić information content (AvgIpc) is 3.11. The third kappa shape index (κ3) is 6.76. The van der Waals surface area contributed by atoms with Gasteiger partial charge in [0, 0.05) is 31.0 Å². The first-order valence-electron chi connectivity index (χ1n) is 10.6. The van der Waals surface area contributed by atoms with Crippen molar-refractivity contribution in [2.75, 3.05) is 19.7 Å². The lowest BCUT2D eigenvalue weighted by molar-refractivity contribution is -0.121. The average molecular weight is 424 g/mol. The number of rotatable bonds is 11. The summed E-state index contributed by atoms with van der Waals surface area (Å²) in [4.78, 5) is 28.7. The number of hydrogen-bond donors (Lipinski definition) is 3. The van der Waals surface area contributed by atoms with E-state index >= 15 is 0 Å². The van der Waals surface area contributed by atoms with Crippen molar-refractivity contribution >= 4 is 23.0 Å². The molecule has 0 bridgehead atoms. The van der Waals surface area contributed by atoms with Crippen LogP contribution >= 0.6 is 11.3 Å². The van der Waals surface area contributed by atoms with Crippen LogP contribution in [0.25, 0.3) is 0 Å². The lowest BCUT2D eigenvalue weighted by Crippen LogP contribution is -2.42. The SMILES string of the molecule is CC(C)(C)NCC(O)COc1ncc(C(=O)NCCCCC2C(=O)CC3CC32)s1. The molecule has 0 radical (unpaired) electrons. The summed E-state index contributed by atoms with van der Waals surface area (Å²) in [6, 6.07) is 0. The molecule has 29 heavy (non-hydrogen) atoms. The summed E-state index contributed by atoms with van der Waals surface area (Å²) in [6.45, 7) is 7.24. The van der Waals surface area contributed by atoms with Crippen molar-refractivity contribution in [1.29, 1.82) is 0 Å². The minimum Gasteiger partial charge on any atom is -0.467 e. The smallest absolute Gasteiger partial charge is 0.273 e. The maximum Gasteiger partial charge on any atom is 0.273 e. The molecule has 1 aromatic heterocycles. The van der Waals surface area contributed by atoms with Gasteiger partial charge < -0.3 is 20.5 Å². The quantitative estimate of drug-likeness (QED) is 0.473. The Labute approximate surface area is 176 Å². The van der Waals surface area contributed by atoms with E-state index in [1.54, 1.807) is 0 Å². The number of fused-ring (bicyclic) bond motifs is 1. The Hall–Kier alpha value is -1.51. The fourth-order valence-corrected chi connectivity index (χ4v) is 4.57. The van der Waals surface area contributed by atoms with Gasteiger partial charge in [-0.1, -0.05) is 17.8 Å². The third-order valence-electron chi connectivity index (χ3n) is 5.57. The number of β-amino-alcohol motifs (C(OH)–C–C–N with tert-alkyl or cyclic N) is 1. The first-order chi connectivity index (χ1) is 13.7. The number of carbonyl (C=O) groups is 2. The lowest BCUT2D eigenvalue weighted by atomic mass is 9.95. The summed E-state index contributed by atoms with van der Waals surface area (Å²) in [6.07, 6.45) is 5.70. The number of nitrogens with zero attached hydrogens (tertiary/aromatic N) is 1. The van der Waals surface area contributed by atoms with Crippen molar-refractivity contribution in [3.05, 3.63) is 11.1 Å². The summed E-state index contributed by atoms with van der Waals surface area (Å²) in [5.74, 6) is 1.92. The number of nitrogens with one attached hydrogen (secondary N) is 2. The molecule has 4 atom stereocenters. The molecule has 4 unspecified atom stereocenters. The molecule has 1 amide bonds. The fraction of sp³-hybridized carbons (Fsp3) is 0.762. The van der Waals surface area contributed by atoms with Crippen molar-refractivity contribution < 1.29 is 19.4 Å². The Morgan fingerprint density at radius 2 is 2.21 bits per heavy atom. The van der Waals surface area contributed by atoms with Gasteiger partial charge >= 0.3 is 0 Å². The van der Waals surface area contributed by atoms with Crippen LogP contribution in [0.1, 0.15) is 62.5 Å². The van der Waals surface area contributed by atoms with E-state index in [0.717, 1.165) is 25.7 Å². The topological polar surface area (TPSA) is 101 Å². The Balaban J connectivity index is 1.29. The van der Waals surface area contributed by atoms with Gasteiger partial charge in [-0.2, -0.15) is 0 Å². The molecule has 0 spiro atoms. The van der Waals surface area contributed by atoms with Gasteiger partial charge in [0.25, 0.3) is 11.1 Å². The molecule has 2 saturated carbocycles. The number of ether oxygens (including phenoxy) is 1. The molecule has 2 fully saturated rings. The molecule has 3 rings (SSSR count). The van der Waals surface area contributed by atoms with Crippen LogP contribution in [-0.4, -0.2) is 53.1 Å². The molecular formula is C21H33N3O4S. The van der Waals surface area contributed by atoms with Crippen LogP contribution in [0.15, 0.2) is 6.20 Å². The summed E-state index contributed by atoms with van der Waals surface area (Å²) in [7, 11) is 0. The zero-order valence-electron chi connectivity index (χ0n) is 17.6. The van der Waals surface area contributed by atoms with Gasteiger partial charge in [0.05, 0.1) is 6.20 Å². The molecule has 162 valence electrons. The number of Topliss-reactive ketones (excluding diaryl/α,β-unsaturated/α-hetero) is 1. The zero-order valence-corrected chi connectivity index (χ0v) is 18.4. The lowest BCUT2D eigenvalue weighted by Gasteiger charge is -2.22. The number of aliphatic hydroxyl groups excluding tert-OH is 1. The largest absolute Gasteiger partial charge is 0.467 e. The van der Waals surface area contributed by atoms with Crippen LogP contribution in [0.5, 0.6) is 5.19 Å². The first-order valence-corrected chi connectivity index (χ1v) is 11.4. The van der Waals surface area contributed by atoms with Gasteiger partial charge in [-0.3, -0.25) is 9.59 Å². The van der Waals surface area contributed by atoms with Crippen LogP contribution in [0.2, 0.25) is 0 Å². The molecule has 1 aromatic rings. The Bertz CT molecular complexity index is 715. The van der Waals surface area contributed by atoms with E-state index in [4.69, 9.17) is 4.74 Å². The van der Waals surface area contributed by atoms with E-state index < -0.39 is 6.10 Å². The van der Waals surface area contributed by atoms with Crippen molar-refractivity contribution in [3.8, 4) is 5.19 Å². The fourth-order valence-electron chi connectivity index (χ4n) is 3.88. The number of thiazole rings is 1. The second-order valence-corrected chi connectivity index (χ2v) is 10.3. The van der Waals surface area contributed by atoms with Crippen molar-refractivity contribution in [2.45, 2.75) is 64.5 Å². The highest BCUT2D eigenvalue weighted by Crippen LogP contribution is 2.54. The normalized spacial score (nSPS) is 24.3. The van der Waals surface area contributed by atoms with Gasteiger partial charge in [0.2, 0.25) is 0 Å². The molecule has 0 aromatic carbocycles. The predicted octanol–water partition coefficient (Wildman–Crippen LogP) is 2.40. The minimum atomic E-state index is -0.645. The highest BCUT2D eigenvalue weighted by Gasteiger charge is 2.52. The Morgan fingerprint density at radius 3 is 2.90 bits per heavy atom. The van der Waals surface area contributed by atoms with Gasteiger partial charge in [-0.25, -0.2) is 4.98 Å². The number of carbonyl (C=O) groups excluding carboxylic acids is 2. The van der Waals surface area contributed by atoms with E-state index in [-0.39, 0.29) is 24.0 Å². The zero-order chi connectivity index (χ0) is 21.0. The molecule has 2 aliphatic rings. The number of aromatic nitrogens is 1. The highest BCUT2D eigenvalue weighted by molar-refractivity contribution is 7.15. The van der Waals surface area contributed by atoms with Gasteiger partial charge in [0.1, 0.15) is 23.4 Å². The monoisotopic (exact) mass is 423 g/mol. The van der Waals surface area contributed by atoms with E-state index in [1.165, 1.54) is 24.0 Å². The number of aliphatic hydroxyl groups is 1. The molecule has 7 nitrogen and oxygen atoms in total. The van der Waals surface area contributed by atoms with E-state index in [0.29, 0.717) is 40.8 Å². The van der Waals surface area contributed by atoms with E-state index in [2.05, 4.69) is 15.6 Å². The second-order valence-electron chi connectivity index (χ2n) is 9.27. The Kier molecular flexibility index (Phi) is 7.29. The maximum atomic E-state index is 12.2. The van der Waals surface area contributed by atoms with Crippen LogP contribution in [0.4, 0.5) is 0 Å². The number of ketones is 1. The minimum absolute atomic E-state index is 0.0691. The third-order valence-corrected chi connectivity index (χ3v) is 6.48. The van der Waals surface area contributed by atoms with Crippen LogP contribution < -0.4 is 15.4 Å². The summed E-state index contributed by atoms with van der Waals surface area (Å²) < 4.78 is 5.49. The van der Waals surface area contributed by atoms with Crippen molar-refractivity contribution in [2.24, 2.45) is 17.8 Å². The summed E-state index contributed by atoms with van der Waals surface area (Å²) >= 11 is 1.18. The maximum absolute atomic E-state index is 12.2. The van der Waals surface area contributed by atoms with E-state index in [9.17, 15) is 14.7 Å². The Morgan fingerprint density at radius 1 is 1.41 bits per heavy atom. The predicted molar refractivity (Wildman–Crippen MR) is 112 cm³/mol. The molecule has 1 heterocycles. The number of amides is 1. The number of unbranched alkanes of at least 4 members (excludes halogenated alkanes) is 1. The van der Waals surface area contributed by atoms with Gasteiger partial charge in [-0.15, -0.1) is 0 Å². The van der Waals surface area contributed by atoms with Crippen LogP contribution in [0, 0.1) is 17.8 Å².